The maximum absolute atomic E-state index is 5.09. The fourth-order valence-corrected chi connectivity index (χ4v) is 9.77. The van der Waals surface area contributed by atoms with Crippen molar-refractivity contribution in [3.8, 4) is 22.8 Å². The smallest absolute Gasteiger partial charge is 0.0770 e. The van der Waals surface area contributed by atoms with Crippen LogP contribution >= 0.6 is 0 Å². The van der Waals surface area contributed by atoms with Gasteiger partial charge in [0.25, 0.3) is 0 Å². The molecule has 11 aromatic rings. The van der Waals surface area contributed by atoms with Crippen molar-refractivity contribution in [3.05, 3.63) is 193 Å². The molecule has 0 aliphatic carbocycles. The van der Waals surface area contributed by atoms with Crippen LogP contribution in [0.25, 0.3) is 77.4 Å². The summed E-state index contributed by atoms with van der Waals surface area (Å²) >= 11 is 0. The summed E-state index contributed by atoms with van der Waals surface area (Å²) in [4.78, 5) is 9.69. The second-order valence-electron chi connectivity index (χ2n) is 16.0. The van der Waals surface area contributed by atoms with Crippen LogP contribution in [-0.2, 0) is 28.1 Å². The minimum absolute atomic E-state index is 0. The van der Waals surface area contributed by atoms with E-state index in [-0.39, 0.29) is 21.1 Å². The monoisotopic (exact) mass is 966 g/mol. The number of fused-ring (bicyclic) bond motifs is 8. The zero-order valence-electron chi connectivity index (χ0n) is 34.1. The number of anilines is 4. The molecule has 0 atom stereocenters. The minimum Gasteiger partial charge on any atom is -0.493 e. The van der Waals surface area contributed by atoms with Gasteiger partial charge in [-0.2, -0.15) is 6.07 Å². The van der Waals surface area contributed by atoms with Crippen LogP contribution in [0, 0.1) is 39.6 Å². The fraction of sp³-hybridized carbons (Fsp3) is 0.0741. The number of para-hydroxylation sites is 6. The van der Waals surface area contributed by atoms with Gasteiger partial charge in [0.05, 0.1) is 27.9 Å². The number of aryl methyl sites for hydroxylation is 4. The Hall–Kier alpha value is -6.88. The van der Waals surface area contributed by atoms with Gasteiger partial charge >= 0.3 is 0 Å². The third-order valence-electron chi connectivity index (χ3n) is 12.3. The van der Waals surface area contributed by atoms with Crippen molar-refractivity contribution < 1.29 is 21.1 Å². The first kappa shape index (κ1) is 37.1. The Morgan fingerprint density at radius 2 is 1.15 bits per heavy atom. The normalized spacial score (nSPS) is 12.7. The topological polar surface area (TPSA) is 34.2 Å². The molecule has 0 unspecified atom stereocenters. The molecule has 298 valence electrons. The average Bonchev–Trinajstić information content (AvgIpc) is 4.00. The number of hydrogen-bond acceptors (Lipinski definition) is 3. The molecule has 0 spiro atoms. The van der Waals surface area contributed by atoms with Crippen LogP contribution in [0.2, 0.25) is 0 Å². The molecule has 4 heterocycles. The van der Waals surface area contributed by atoms with Crippen molar-refractivity contribution in [2.45, 2.75) is 20.8 Å². The third-order valence-corrected chi connectivity index (χ3v) is 12.3. The zero-order chi connectivity index (χ0) is 40.2. The third kappa shape index (κ3) is 5.62. The largest absolute Gasteiger partial charge is 0.493 e. The number of benzene rings is 8. The van der Waals surface area contributed by atoms with Gasteiger partial charge in [-0.1, -0.05) is 89.4 Å². The number of hydrogen-bond donors (Lipinski definition) is 0. The van der Waals surface area contributed by atoms with Crippen LogP contribution in [0.4, 0.5) is 22.7 Å². The van der Waals surface area contributed by atoms with Gasteiger partial charge in [-0.15, -0.1) is 54.3 Å². The average molecular weight is 967 g/mol. The molecule has 0 radical (unpaired) electrons. The van der Waals surface area contributed by atoms with Gasteiger partial charge < -0.3 is 23.5 Å². The van der Waals surface area contributed by atoms with E-state index in [2.05, 4.69) is 222 Å². The van der Waals surface area contributed by atoms with Gasteiger partial charge in [-0.25, -0.2) is 0 Å². The molecule has 6 nitrogen and oxygen atoms in total. The Morgan fingerprint density at radius 3 is 1.92 bits per heavy atom. The molecule has 12 rings (SSSR count). The van der Waals surface area contributed by atoms with Crippen molar-refractivity contribution in [3.63, 3.8) is 0 Å². The van der Waals surface area contributed by atoms with E-state index in [0.29, 0.717) is 0 Å². The molecule has 3 aromatic heterocycles. The fourth-order valence-electron chi connectivity index (χ4n) is 9.77. The first-order valence-electron chi connectivity index (χ1n) is 20.5. The summed E-state index contributed by atoms with van der Waals surface area (Å²) in [5.74, 6) is 0.879. The summed E-state index contributed by atoms with van der Waals surface area (Å²) in [5, 5.41) is 4.67. The van der Waals surface area contributed by atoms with E-state index in [0.717, 1.165) is 78.2 Å². The van der Waals surface area contributed by atoms with Crippen molar-refractivity contribution in [2.75, 3.05) is 9.80 Å². The van der Waals surface area contributed by atoms with Gasteiger partial charge in [0.1, 0.15) is 0 Å². The maximum Gasteiger partial charge on any atom is 0.0770 e. The van der Waals surface area contributed by atoms with Crippen LogP contribution in [0.5, 0.6) is 0 Å². The predicted molar refractivity (Wildman–Crippen MR) is 248 cm³/mol. The zero-order valence-corrected chi connectivity index (χ0v) is 36.4. The molecule has 8 aromatic carbocycles. The molecule has 7 heteroatoms. The second-order valence-corrected chi connectivity index (χ2v) is 16.0. The van der Waals surface area contributed by atoms with E-state index >= 15 is 0 Å². The van der Waals surface area contributed by atoms with Crippen molar-refractivity contribution in [2.24, 2.45) is 7.05 Å². The molecular formula is C54H39N6Pt-3. The minimum atomic E-state index is 0. The summed E-state index contributed by atoms with van der Waals surface area (Å²) in [6.45, 7) is 8.79. The molecule has 0 saturated carbocycles. The van der Waals surface area contributed by atoms with Crippen LogP contribution in [0.15, 0.2) is 158 Å². The SMILES string of the molecule is Cc1cc(C)c(N2[CH-]N(c3[c-]c(-n4c5[c-]c(-c6nc7ccccc7n6C)ccc5c5cc6c(cc54)c4ccccc4n6-c4ccccc4)ccc3)c3ccccc32)c(C)c1.[Pt]. The van der Waals surface area contributed by atoms with E-state index in [1.807, 2.05) is 6.07 Å². The maximum atomic E-state index is 5.09. The summed E-state index contributed by atoms with van der Waals surface area (Å²) in [5.41, 5.74) is 17.6. The van der Waals surface area contributed by atoms with E-state index in [4.69, 9.17) is 4.98 Å². The van der Waals surface area contributed by atoms with E-state index in [9.17, 15) is 0 Å². The Labute approximate surface area is 368 Å². The number of rotatable bonds is 5. The molecule has 1 aliphatic heterocycles. The first-order valence-corrected chi connectivity index (χ1v) is 20.5. The molecule has 61 heavy (non-hydrogen) atoms. The van der Waals surface area contributed by atoms with Gasteiger partial charge in [0, 0.05) is 67.2 Å². The molecule has 0 amide bonds. The van der Waals surface area contributed by atoms with Gasteiger partial charge in [0.2, 0.25) is 0 Å². The first-order chi connectivity index (χ1) is 29.4. The molecule has 0 saturated heterocycles. The van der Waals surface area contributed by atoms with E-state index in [1.54, 1.807) is 0 Å². The number of imidazole rings is 1. The van der Waals surface area contributed by atoms with Gasteiger partial charge in [-0.05, 0) is 97.4 Å². The summed E-state index contributed by atoms with van der Waals surface area (Å²) in [6, 6.07) is 64.3. The quantitative estimate of drug-likeness (QED) is 0.161. The molecular weight excluding hydrogens is 928 g/mol. The summed E-state index contributed by atoms with van der Waals surface area (Å²) in [7, 11) is 2.09. The molecule has 0 fully saturated rings. The Balaban J connectivity index is 0.00000420. The Morgan fingerprint density at radius 1 is 0.508 bits per heavy atom. The molecule has 1 aliphatic rings. The standard InChI is InChI=1S/C54H39N6.Pt/c1-34-27-35(2)53(36(3)28-34)58-33-57(48-23-12-13-24-49(48)58)39-17-14-18-40(30-39)60-50-29-37(54-55-45-20-9-11-22-47(45)56(54)4)25-26-42(50)44-32-51-43(31-52(44)60)41-19-8-10-21-46(41)59(51)38-15-6-5-7-16-38;/h5-28,31-33H,1-4H3;/q-3;. The van der Waals surface area contributed by atoms with E-state index < -0.39 is 0 Å². The molecule has 0 bridgehead atoms. The van der Waals surface area contributed by atoms with Crippen LogP contribution in [0.1, 0.15) is 16.7 Å². The van der Waals surface area contributed by atoms with Crippen molar-refractivity contribution in [1.82, 2.24) is 18.7 Å². The molecule has 0 N–H and O–H groups in total. The van der Waals surface area contributed by atoms with E-state index in [1.165, 1.54) is 38.7 Å². The van der Waals surface area contributed by atoms with Crippen molar-refractivity contribution in [1.29, 1.82) is 0 Å². The number of nitrogens with zero attached hydrogens (tertiary/aromatic N) is 6. The van der Waals surface area contributed by atoms with Crippen LogP contribution in [0.3, 0.4) is 0 Å². The van der Waals surface area contributed by atoms with Gasteiger partial charge in [-0.3, -0.25) is 4.98 Å². The Bertz CT molecular complexity index is 3510. The second kappa shape index (κ2) is 14.1. The summed E-state index contributed by atoms with van der Waals surface area (Å²) < 4.78 is 6.91. The summed E-state index contributed by atoms with van der Waals surface area (Å²) in [6.07, 6.45) is 0. The predicted octanol–water partition coefficient (Wildman–Crippen LogP) is 13.4. The van der Waals surface area contributed by atoms with Crippen LogP contribution < -0.4 is 9.80 Å². The number of aromatic nitrogens is 4. The van der Waals surface area contributed by atoms with Crippen molar-refractivity contribution >= 4 is 77.4 Å². The van der Waals surface area contributed by atoms with Crippen LogP contribution in [-0.4, -0.2) is 18.7 Å². The Kier molecular flexibility index (Phi) is 8.59. The van der Waals surface area contributed by atoms with Gasteiger partial charge in [0.15, 0.2) is 0 Å².